The summed E-state index contributed by atoms with van der Waals surface area (Å²) in [6.07, 6.45) is 4.64. The summed E-state index contributed by atoms with van der Waals surface area (Å²) >= 11 is 0. The first-order valence-electron chi connectivity index (χ1n) is 6.52. The molecule has 0 amide bonds. The summed E-state index contributed by atoms with van der Waals surface area (Å²) in [6, 6.07) is 0. The molecule has 3 unspecified atom stereocenters. The van der Waals surface area contributed by atoms with Crippen molar-refractivity contribution in [3.05, 3.63) is 0 Å². The molecule has 0 aliphatic rings. The van der Waals surface area contributed by atoms with Crippen molar-refractivity contribution >= 4 is 0 Å². The van der Waals surface area contributed by atoms with Gasteiger partial charge >= 0.3 is 0 Å². The zero-order valence-corrected chi connectivity index (χ0v) is 11.5. The van der Waals surface area contributed by atoms with E-state index >= 15 is 0 Å². The van der Waals surface area contributed by atoms with Crippen LogP contribution in [-0.2, 0) is 0 Å². The summed E-state index contributed by atoms with van der Waals surface area (Å²) in [5.41, 5.74) is -0.504. The van der Waals surface area contributed by atoms with Crippen LogP contribution < -0.4 is 0 Å². The van der Waals surface area contributed by atoms with Gasteiger partial charge in [0.2, 0.25) is 0 Å². The van der Waals surface area contributed by atoms with Gasteiger partial charge in [-0.2, -0.15) is 0 Å². The quantitative estimate of drug-likeness (QED) is 0.672. The molecule has 0 aromatic carbocycles. The standard InChI is InChI=1S/C14H30O/c1-7-11(3)12(4)9-13(8-2)10-14(5,6)15/h11-13,15H,7-10H2,1-6H3. The average molecular weight is 214 g/mol. The normalized spacial score (nSPS) is 18.6. The largest absolute Gasteiger partial charge is 0.390 e. The number of rotatable bonds is 7. The third kappa shape index (κ3) is 6.94. The Morgan fingerprint density at radius 2 is 1.53 bits per heavy atom. The smallest absolute Gasteiger partial charge is 0.0594 e. The zero-order valence-electron chi connectivity index (χ0n) is 11.5. The lowest BCUT2D eigenvalue weighted by molar-refractivity contribution is 0.0460. The van der Waals surface area contributed by atoms with Crippen molar-refractivity contribution in [3.63, 3.8) is 0 Å². The molecular weight excluding hydrogens is 184 g/mol. The summed E-state index contributed by atoms with van der Waals surface area (Å²) in [7, 11) is 0. The molecule has 3 atom stereocenters. The summed E-state index contributed by atoms with van der Waals surface area (Å²) in [4.78, 5) is 0. The molecule has 1 heteroatoms. The van der Waals surface area contributed by atoms with Crippen LogP contribution in [0.4, 0.5) is 0 Å². The van der Waals surface area contributed by atoms with Crippen molar-refractivity contribution in [1.29, 1.82) is 0 Å². The Morgan fingerprint density at radius 3 is 1.87 bits per heavy atom. The zero-order chi connectivity index (χ0) is 12.1. The van der Waals surface area contributed by atoms with Crippen LogP contribution in [-0.4, -0.2) is 10.7 Å². The van der Waals surface area contributed by atoms with E-state index in [2.05, 4.69) is 27.7 Å². The minimum atomic E-state index is -0.504. The summed E-state index contributed by atoms with van der Waals surface area (Å²) in [6.45, 7) is 13.0. The molecule has 0 aromatic rings. The van der Waals surface area contributed by atoms with Crippen LogP contribution in [0, 0.1) is 17.8 Å². The highest BCUT2D eigenvalue weighted by atomic mass is 16.3. The van der Waals surface area contributed by atoms with Gasteiger partial charge in [-0.05, 0) is 44.4 Å². The number of hydrogen-bond acceptors (Lipinski definition) is 1. The maximum atomic E-state index is 9.83. The minimum Gasteiger partial charge on any atom is -0.390 e. The second-order valence-electron chi connectivity index (χ2n) is 5.89. The fourth-order valence-corrected chi connectivity index (χ4v) is 2.26. The third-order valence-electron chi connectivity index (χ3n) is 3.69. The van der Waals surface area contributed by atoms with E-state index in [1.54, 1.807) is 0 Å². The highest BCUT2D eigenvalue weighted by molar-refractivity contribution is 4.74. The Bertz CT molecular complexity index is 157. The van der Waals surface area contributed by atoms with Crippen molar-refractivity contribution in [2.45, 2.75) is 72.8 Å². The Balaban J connectivity index is 4.09. The van der Waals surface area contributed by atoms with Gasteiger partial charge in [-0.3, -0.25) is 0 Å². The van der Waals surface area contributed by atoms with Gasteiger partial charge in [0.05, 0.1) is 5.60 Å². The van der Waals surface area contributed by atoms with Crippen molar-refractivity contribution in [1.82, 2.24) is 0 Å². The van der Waals surface area contributed by atoms with Crippen molar-refractivity contribution < 1.29 is 5.11 Å². The van der Waals surface area contributed by atoms with Crippen molar-refractivity contribution in [2.24, 2.45) is 17.8 Å². The third-order valence-corrected chi connectivity index (χ3v) is 3.69. The van der Waals surface area contributed by atoms with Gasteiger partial charge in [0.15, 0.2) is 0 Å². The van der Waals surface area contributed by atoms with Gasteiger partial charge < -0.3 is 5.11 Å². The van der Waals surface area contributed by atoms with Crippen LogP contribution in [0.25, 0.3) is 0 Å². The predicted molar refractivity (Wildman–Crippen MR) is 67.9 cm³/mol. The lowest BCUT2D eigenvalue weighted by Gasteiger charge is -2.28. The number of hydrogen-bond donors (Lipinski definition) is 1. The molecule has 0 saturated carbocycles. The highest BCUT2D eigenvalue weighted by Gasteiger charge is 2.22. The van der Waals surface area contributed by atoms with Crippen LogP contribution in [0.15, 0.2) is 0 Å². The molecule has 0 aromatic heterocycles. The highest BCUT2D eigenvalue weighted by Crippen LogP contribution is 2.29. The molecule has 0 heterocycles. The molecule has 0 aliphatic carbocycles. The maximum Gasteiger partial charge on any atom is 0.0594 e. The Morgan fingerprint density at radius 1 is 1.00 bits per heavy atom. The summed E-state index contributed by atoms with van der Waals surface area (Å²) in [5.74, 6) is 2.26. The van der Waals surface area contributed by atoms with Crippen LogP contribution in [0.5, 0.6) is 0 Å². The molecule has 0 bridgehead atoms. The maximum absolute atomic E-state index is 9.83. The second kappa shape index (κ2) is 6.52. The summed E-state index contributed by atoms with van der Waals surface area (Å²) < 4.78 is 0. The lowest BCUT2D eigenvalue weighted by atomic mass is 9.80. The molecule has 1 nitrogen and oxygen atoms in total. The molecule has 92 valence electrons. The van der Waals surface area contributed by atoms with Crippen molar-refractivity contribution in [3.8, 4) is 0 Å². The monoisotopic (exact) mass is 214 g/mol. The molecule has 0 aliphatic heterocycles. The van der Waals surface area contributed by atoms with E-state index in [0.29, 0.717) is 5.92 Å². The lowest BCUT2D eigenvalue weighted by Crippen LogP contribution is -2.25. The van der Waals surface area contributed by atoms with Crippen molar-refractivity contribution in [2.75, 3.05) is 0 Å². The van der Waals surface area contributed by atoms with E-state index in [4.69, 9.17) is 0 Å². The Labute approximate surface area is 96.3 Å². The van der Waals surface area contributed by atoms with E-state index in [9.17, 15) is 5.11 Å². The van der Waals surface area contributed by atoms with E-state index in [-0.39, 0.29) is 0 Å². The molecule has 0 fully saturated rings. The minimum absolute atomic E-state index is 0.504. The molecule has 15 heavy (non-hydrogen) atoms. The average Bonchev–Trinajstić information content (AvgIpc) is 2.13. The molecule has 1 N–H and O–H groups in total. The van der Waals surface area contributed by atoms with E-state index in [1.165, 1.54) is 19.3 Å². The van der Waals surface area contributed by atoms with Gasteiger partial charge in [0.25, 0.3) is 0 Å². The van der Waals surface area contributed by atoms with E-state index in [1.807, 2.05) is 13.8 Å². The van der Waals surface area contributed by atoms with Crippen LogP contribution >= 0.6 is 0 Å². The predicted octanol–water partition coefficient (Wildman–Crippen LogP) is 4.25. The van der Waals surface area contributed by atoms with E-state index in [0.717, 1.165) is 18.3 Å². The first-order chi connectivity index (χ1) is 6.80. The van der Waals surface area contributed by atoms with E-state index < -0.39 is 5.60 Å². The first-order valence-corrected chi connectivity index (χ1v) is 6.52. The Kier molecular flexibility index (Phi) is 6.51. The van der Waals surface area contributed by atoms with Crippen LogP contribution in [0.2, 0.25) is 0 Å². The molecular formula is C14H30O. The SMILES string of the molecule is CCC(CC(C)C(C)CC)CC(C)(C)O. The van der Waals surface area contributed by atoms with Gasteiger partial charge in [0.1, 0.15) is 0 Å². The molecule has 0 rings (SSSR count). The van der Waals surface area contributed by atoms with Crippen LogP contribution in [0.1, 0.15) is 67.2 Å². The summed E-state index contributed by atoms with van der Waals surface area (Å²) in [5, 5.41) is 9.83. The van der Waals surface area contributed by atoms with Gasteiger partial charge in [-0.15, -0.1) is 0 Å². The fraction of sp³-hybridized carbons (Fsp3) is 1.00. The first kappa shape index (κ1) is 15.0. The van der Waals surface area contributed by atoms with Crippen LogP contribution in [0.3, 0.4) is 0 Å². The number of aliphatic hydroxyl groups is 1. The van der Waals surface area contributed by atoms with Gasteiger partial charge in [0, 0.05) is 0 Å². The van der Waals surface area contributed by atoms with Gasteiger partial charge in [-0.1, -0.05) is 40.5 Å². The Hall–Kier alpha value is -0.0400. The second-order valence-corrected chi connectivity index (χ2v) is 5.89. The molecule has 0 saturated heterocycles. The molecule has 0 radical (unpaired) electrons. The van der Waals surface area contributed by atoms with Gasteiger partial charge in [-0.25, -0.2) is 0 Å². The molecule has 0 spiro atoms. The fourth-order valence-electron chi connectivity index (χ4n) is 2.26. The topological polar surface area (TPSA) is 20.2 Å².